The summed E-state index contributed by atoms with van der Waals surface area (Å²) in [6.45, 7) is 0. The summed E-state index contributed by atoms with van der Waals surface area (Å²) in [6.07, 6.45) is -3.60. The summed E-state index contributed by atoms with van der Waals surface area (Å²) in [4.78, 5) is 30.6. The number of rotatable bonds is 15. The smallest absolute Gasteiger partial charge is 0.430 e. The second-order valence-corrected chi connectivity index (χ2v) is 15.6. The van der Waals surface area contributed by atoms with Crippen LogP contribution in [0, 0.1) is 0 Å². The van der Waals surface area contributed by atoms with Crippen molar-refractivity contribution in [1.29, 1.82) is 0 Å². The third-order valence-electron chi connectivity index (χ3n) is 9.78. The van der Waals surface area contributed by atoms with Crippen molar-refractivity contribution in [3.63, 3.8) is 0 Å². The van der Waals surface area contributed by atoms with Crippen LogP contribution in [0.5, 0.6) is 17.4 Å². The number of nitrogens with two attached hydrogens (primary N) is 2. The van der Waals surface area contributed by atoms with E-state index in [0.29, 0.717) is 21.7 Å². The molecule has 3 aromatic heterocycles. The first-order valence-corrected chi connectivity index (χ1v) is 20.7. The van der Waals surface area contributed by atoms with Crippen LogP contribution >= 0.6 is 11.3 Å². The normalized spacial score (nSPS) is 12.6. The van der Waals surface area contributed by atoms with Crippen molar-refractivity contribution in [2.45, 2.75) is 37.2 Å². The van der Waals surface area contributed by atoms with E-state index in [1.807, 2.05) is 109 Å². The summed E-state index contributed by atoms with van der Waals surface area (Å²) in [6, 6.07) is 43.1. The van der Waals surface area contributed by atoms with E-state index in [2.05, 4.69) is 20.3 Å². The third-order valence-corrected chi connectivity index (χ3v) is 11.0. The third kappa shape index (κ3) is 12.1. The number of aliphatic carboxylic acids is 2. The first-order chi connectivity index (χ1) is 31.3. The minimum Gasteiger partial charge on any atom is -0.480 e. The quantitative estimate of drug-likeness (QED) is 0.0761. The highest BCUT2D eigenvalue weighted by Gasteiger charge is 2.44. The molecule has 6 N–H and O–H groups in total. The molecule has 8 rings (SSSR count). The van der Waals surface area contributed by atoms with E-state index in [9.17, 15) is 22.8 Å². The largest absolute Gasteiger partial charge is 0.480 e. The first kappa shape index (κ1) is 45.3. The number of hydrogen-bond donors (Lipinski definition) is 4. The van der Waals surface area contributed by atoms with E-state index in [1.165, 1.54) is 12.1 Å². The van der Waals surface area contributed by atoms with E-state index in [-0.39, 0.29) is 23.6 Å². The SMILES string of the molecule is N[C@@H](Cc1ccc(-c2cc(OC(c3ccc(-c4ccccc4)s3)C(F)(F)F)ncn2)cc1)C(=O)O.N[C@@H](Cc1ccc(-n2nncc2-c2ccc(Oc3ccccc3)cc2)cc1)C(=O)O. The number of thiophene rings is 1. The molecule has 0 radical (unpaired) electrons. The van der Waals surface area contributed by atoms with Gasteiger partial charge in [-0.1, -0.05) is 90.1 Å². The van der Waals surface area contributed by atoms with Gasteiger partial charge in [-0.05, 0) is 90.2 Å². The molecular weight excluding hydrogens is 860 g/mol. The van der Waals surface area contributed by atoms with Crippen molar-refractivity contribution in [1.82, 2.24) is 25.0 Å². The van der Waals surface area contributed by atoms with Crippen LogP contribution in [0.2, 0.25) is 0 Å². The molecule has 0 bridgehead atoms. The van der Waals surface area contributed by atoms with Crippen molar-refractivity contribution in [2.75, 3.05) is 0 Å². The molecule has 3 heterocycles. The lowest BCUT2D eigenvalue weighted by Gasteiger charge is -2.20. The van der Waals surface area contributed by atoms with Gasteiger partial charge in [0.1, 0.15) is 29.9 Å². The maximum absolute atomic E-state index is 13.9. The Morgan fingerprint density at radius 1 is 0.677 bits per heavy atom. The van der Waals surface area contributed by atoms with Gasteiger partial charge >= 0.3 is 18.1 Å². The summed E-state index contributed by atoms with van der Waals surface area (Å²) < 4.78 is 54.7. The number of aromatic nitrogens is 5. The molecule has 0 saturated carbocycles. The maximum Gasteiger partial charge on any atom is 0.430 e. The summed E-state index contributed by atoms with van der Waals surface area (Å²) in [7, 11) is 0. The minimum absolute atomic E-state index is 0.00985. The highest BCUT2D eigenvalue weighted by atomic mass is 32.1. The van der Waals surface area contributed by atoms with Crippen LogP contribution in [0.1, 0.15) is 22.1 Å². The predicted octanol–water partition coefficient (Wildman–Crippen LogP) is 9.19. The summed E-state index contributed by atoms with van der Waals surface area (Å²) in [5, 5.41) is 26.1. The lowest BCUT2D eigenvalue weighted by atomic mass is 10.0. The lowest BCUT2D eigenvalue weighted by molar-refractivity contribution is -0.197. The number of benzene rings is 5. The number of ether oxygens (including phenoxy) is 2. The number of nitrogens with zero attached hydrogens (tertiary/aromatic N) is 5. The molecule has 0 amide bonds. The molecule has 3 atom stereocenters. The van der Waals surface area contributed by atoms with Crippen LogP contribution in [0.15, 0.2) is 164 Å². The van der Waals surface area contributed by atoms with Crippen molar-refractivity contribution in [2.24, 2.45) is 11.5 Å². The van der Waals surface area contributed by atoms with Crippen LogP contribution in [0.4, 0.5) is 13.2 Å². The van der Waals surface area contributed by atoms with E-state index >= 15 is 0 Å². The van der Waals surface area contributed by atoms with Crippen LogP contribution in [-0.2, 0) is 22.4 Å². The number of halogens is 3. The van der Waals surface area contributed by atoms with E-state index < -0.39 is 36.3 Å². The number of para-hydroxylation sites is 1. The van der Waals surface area contributed by atoms with Crippen LogP contribution in [-0.4, -0.2) is 65.4 Å². The Hall–Kier alpha value is -7.73. The highest BCUT2D eigenvalue weighted by Crippen LogP contribution is 2.42. The zero-order valence-corrected chi connectivity index (χ0v) is 35.0. The van der Waals surface area contributed by atoms with Gasteiger partial charge in [0, 0.05) is 22.1 Å². The van der Waals surface area contributed by atoms with Gasteiger partial charge in [0.15, 0.2) is 0 Å². The number of carboxylic acid groups (broad SMARTS) is 2. The van der Waals surface area contributed by atoms with Gasteiger partial charge in [0.05, 0.1) is 28.1 Å². The van der Waals surface area contributed by atoms with Gasteiger partial charge < -0.3 is 31.2 Å². The first-order valence-electron chi connectivity index (χ1n) is 19.9. The lowest BCUT2D eigenvalue weighted by Crippen LogP contribution is -2.32. The molecule has 5 aromatic carbocycles. The number of alkyl halides is 3. The fourth-order valence-electron chi connectivity index (χ4n) is 6.43. The molecule has 0 aliphatic rings. The van der Waals surface area contributed by atoms with E-state index in [4.69, 9.17) is 31.2 Å². The van der Waals surface area contributed by atoms with Crippen LogP contribution in [0.25, 0.3) is 38.6 Å². The minimum atomic E-state index is -4.66. The Balaban J connectivity index is 0.000000196. The van der Waals surface area contributed by atoms with Crippen molar-refractivity contribution in [3.8, 4) is 56.0 Å². The number of carbonyl (C=O) groups is 2. The van der Waals surface area contributed by atoms with Crippen LogP contribution < -0.4 is 20.9 Å². The van der Waals surface area contributed by atoms with Gasteiger partial charge in [-0.2, -0.15) is 13.2 Å². The van der Waals surface area contributed by atoms with Gasteiger partial charge in [-0.25, -0.2) is 14.6 Å². The Bertz CT molecular complexity index is 2810. The molecule has 0 aliphatic heterocycles. The zero-order chi connectivity index (χ0) is 45.9. The molecular formula is C48H40F3N7O6S. The summed E-state index contributed by atoms with van der Waals surface area (Å²) in [5.74, 6) is -0.823. The molecule has 65 heavy (non-hydrogen) atoms. The molecule has 330 valence electrons. The number of hydrogen-bond acceptors (Lipinski definition) is 11. The number of carboxylic acids is 2. The molecule has 0 spiro atoms. The Morgan fingerprint density at radius 3 is 1.85 bits per heavy atom. The van der Waals surface area contributed by atoms with E-state index in [0.717, 1.165) is 57.2 Å². The molecule has 0 aliphatic carbocycles. The fourth-order valence-corrected chi connectivity index (χ4v) is 7.50. The molecule has 0 saturated heterocycles. The zero-order valence-electron chi connectivity index (χ0n) is 34.2. The second-order valence-electron chi connectivity index (χ2n) is 14.5. The van der Waals surface area contributed by atoms with Gasteiger partial charge in [-0.3, -0.25) is 9.59 Å². The highest BCUT2D eigenvalue weighted by molar-refractivity contribution is 7.15. The van der Waals surface area contributed by atoms with Crippen LogP contribution in [0.3, 0.4) is 0 Å². The van der Waals surface area contributed by atoms with Crippen molar-refractivity contribution in [3.05, 3.63) is 180 Å². The monoisotopic (exact) mass is 899 g/mol. The maximum atomic E-state index is 13.9. The summed E-state index contributed by atoms with van der Waals surface area (Å²) in [5.41, 5.74) is 17.1. The molecule has 17 heteroatoms. The average molecular weight is 900 g/mol. The molecule has 0 fully saturated rings. The van der Waals surface area contributed by atoms with E-state index in [1.54, 1.807) is 41.2 Å². The molecule has 1 unspecified atom stereocenters. The predicted molar refractivity (Wildman–Crippen MR) is 239 cm³/mol. The molecule has 13 nitrogen and oxygen atoms in total. The summed E-state index contributed by atoms with van der Waals surface area (Å²) >= 11 is 1.01. The Morgan fingerprint density at radius 2 is 1.25 bits per heavy atom. The van der Waals surface area contributed by atoms with Crippen molar-refractivity contribution < 1.29 is 42.4 Å². The van der Waals surface area contributed by atoms with Gasteiger partial charge in [-0.15, -0.1) is 16.4 Å². The van der Waals surface area contributed by atoms with Gasteiger partial charge in [0.2, 0.25) is 12.0 Å². The van der Waals surface area contributed by atoms with Crippen molar-refractivity contribution >= 4 is 23.3 Å². The Kier molecular flexibility index (Phi) is 14.4. The second kappa shape index (κ2) is 20.6. The topological polar surface area (TPSA) is 202 Å². The fraction of sp³-hybridized carbons (Fsp3) is 0.125. The average Bonchev–Trinajstić information content (AvgIpc) is 4.01. The molecule has 8 aromatic rings. The standard InChI is InChI=1S/C25H20F3N3O3S.C23H20N4O3/c26-25(27,28)23(21-11-10-20(35-21)17-4-2-1-3-5-17)34-22-13-19(30-14-31-22)16-8-6-15(7-9-16)12-18(29)24(32)33;24-21(23(28)29)14-16-6-10-18(11-7-16)27-22(15-25-26-27)17-8-12-20(13-9-17)30-19-4-2-1-3-5-19/h1-11,13-14,18,23H,12,29H2,(H,32,33);1-13,15,21H,14,24H2,(H,28,29)/t18-,23?;21-/m00/s1. The van der Waals surface area contributed by atoms with Gasteiger partial charge in [0.25, 0.3) is 0 Å². The Labute approximate surface area is 374 Å².